The lowest BCUT2D eigenvalue weighted by molar-refractivity contribution is 0.268. The molecule has 1 saturated heterocycles. The molecule has 1 atom stereocenters. The summed E-state index contributed by atoms with van der Waals surface area (Å²) in [5.41, 5.74) is 0. The highest BCUT2D eigenvalue weighted by Gasteiger charge is 2.30. The highest BCUT2D eigenvalue weighted by molar-refractivity contribution is 14.1. The van der Waals surface area contributed by atoms with Crippen LogP contribution in [-0.4, -0.2) is 25.3 Å². The zero-order chi connectivity index (χ0) is 12.5. The van der Waals surface area contributed by atoms with Gasteiger partial charge in [-0.2, -0.15) is 4.31 Å². The summed E-state index contributed by atoms with van der Waals surface area (Å²) >= 11 is 2.17. The van der Waals surface area contributed by atoms with E-state index >= 15 is 0 Å². The van der Waals surface area contributed by atoms with Crippen LogP contribution in [0.25, 0.3) is 0 Å². The number of halogens is 1. The van der Waals surface area contributed by atoms with Gasteiger partial charge < -0.3 is 0 Å². The number of sulfonamides is 1. The molecule has 94 valence electrons. The third-order valence-electron chi connectivity index (χ3n) is 3.16. The Kier molecular flexibility index (Phi) is 4.10. The molecule has 0 aromatic heterocycles. The van der Waals surface area contributed by atoms with E-state index in [1.165, 1.54) is 0 Å². The first kappa shape index (κ1) is 13.3. The van der Waals surface area contributed by atoms with Gasteiger partial charge in [-0.25, -0.2) is 8.42 Å². The van der Waals surface area contributed by atoms with Crippen LogP contribution in [0.15, 0.2) is 29.2 Å². The Labute approximate surface area is 116 Å². The number of benzene rings is 1. The Balaban J connectivity index is 2.32. The zero-order valence-electron chi connectivity index (χ0n) is 9.77. The summed E-state index contributed by atoms with van der Waals surface area (Å²) in [6, 6.07) is 7.18. The first-order chi connectivity index (χ1) is 8.01. The van der Waals surface area contributed by atoms with Crippen LogP contribution >= 0.6 is 22.6 Å². The minimum Gasteiger partial charge on any atom is -0.207 e. The van der Waals surface area contributed by atoms with Crippen molar-refractivity contribution in [1.29, 1.82) is 0 Å². The lowest BCUT2D eigenvalue weighted by Crippen LogP contribution is -2.41. The van der Waals surface area contributed by atoms with Gasteiger partial charge in [0.05, 0.1) is 4.90 Å². The van der Waals surface area contributed by atoms with Crippen LogP contribution in [0.2, 0.25) is 0 Å². The zero-order valence-corrected chi connectivity index (χ0v) is 12.7. The van der Waals surface area contributed by atoms with Gasteiger partial charge in [0.25, 0.3) is 0 Å². The van der Waals surface area contributed by atoms with Crippen LogP contribution < -0.4 is 0 Å². The highest BCUT2D eigenvalue weighted by atomic mass is 127. The first-order valence-corrected chi connectivity index (χ1v) is 8.31. The Bertz CT molecular complexity index is 484. The number of rotatable bonds is 2. The third-order valence-corrected chi connectivity index (χ3v) is 5.91. The van der Waals surface area contributed by atoms with Gasteiger partial charge in [-0.15, -0.1) is 0 Å². The van der Waals surface area contributed by atoms with Crippen molar-refractivity contribution in [2.75, 3.05) is 6.54 Å². The molecule has 1 aliphatic heterocycles. The largest absolute Gasteiger partial charge is 0.243 e. The van der Waals surface area contributed by atoms with Gasteiger partial charge in [0, 0.05) is 16.2 Å². The van der Waals surface area contributed by atoms with Crippen molar-refractivity contribution >= 4 is 32.6 Å². The molecule has 1 aromatic rings. The first-order valence-electron chi connectivity index (χ1n) is 5.79. The van der Waals surface area contributed by atoms with E-state index in [1.54, 1.807) is 16.4 Å². The van der Waals surface area contributed by atoms with Crippen LogP contribution in [0.5, 0.6) is 0 Å². The predicted molar refractivity (Wildman–Crippen MR) is 76.4 cm³/mol. The molecule has 17 heavy (non-hydrogen) atoms. The van der Waals surface area contributed by atoms with Gasteiger partial charge in [0.1, 0.15) is 0 Å². The molecule has 1 heterocycles. The molecule has 3 nitrogen and oxygen atoms in total. The SMILES string of the molecule is C[C@H]1CCCCN1S(=O)(=O)c1ccc(I)cc1. The maximum Gasteiger partial charge on any atom is 0.243 e. The van der Waals surface area contributed by atoms with E-state index in [1.807, 2.05) is 19.1 Å². The van der Waals surface area contributed by atoms with E-state index in [-0.39, 0.29) is 6.04 Å². The number of nitrogens with zero attached hydrogens (tertiary/aromatic N) is 1. The Morgan fingerprint density at radius 3 is 2.47 bits per heavy atom. The molecule has 0 aliphatic carbocycles. The van der Waals surface area contributed by atoms with Gasteiger partial charge in [0.15, 0.2) is 0 Å². The highest BCUT2D eigenvalue weighted by Crippen LogP contribution is 2.25. The number of hydrogen-bond acceptors (Lipinski definition) is 2. The molecule has 5 heteroatoms. The van der Waals surface area contributed by atoms with Crippen LogP contribution in [0.4, 0.5) is 0 Å². The average molecular weight is 365 g/mol. The summed E-state index contributed by atoms with van der Waals surface area (Å²) in [4.78, 5) is 0.409. The molecule has 0 saturated carbocycles. The smallest absolute Gasteiger partial charge is 0.207 e. The van der Waals surface area contributed by atoms with Crippen molar-refractivity contribution in [3.8, 4) is 0 Å². The molecule has 1 aromatic carbocycles. The van der Waals surface area contributed by atoms with E-state index < -0.39 is 10.0 Å². The lowest BCUT2D eigenvalue weighted by Gasteiger charge is -2.32. The van der Waals surface area contributed by atoms with Crippen molar-refractivity contribution in [1.82, 2.24) is 4.31 Å². The summed E-state index contributed by atoms with van der Waals surface area (Å²) in [6.07, 6.45) is 3.05. The van der Waals surface area contributed by atoms with Crippen molar-refractivity contribution < 1.29 is 8.42 Å². The fourth-order valence-electron chi connectivity index (χ4n) is 2.17. The van der Waals surface area contributed by atoms with Gasteiger partial charge in [-0.3, -0.25) is 0 Å². The maximum absolute atomic E-state index is 12.4. The Morgan fingerprint density at radius 1 is 1.24 bits per heavy atom. The van der Waals surface area contributed by atoms with Crippen LogP contribution in [-0.2, 0) is 10.0 Å². The Hall–Kier alpha value is -0.140. The number of hydrogen-bond donors (Lipinski definition) is 0. The maximum atomic E-state index is 12.4. The monoisotopic (exact) mass is 365 g/mol. The molecule has 0 radical (unpaired) electrons. The fraction of sp³-hybridized carbons (Fsp3) is 0.500. The van der Waals surface area contributed by atoms with Gasteiger partial charge >= 0.3 is 0 Å². The minimum absolute atomic E-state index is 0.119. The minimum atomic E-state index is -3.30. The predicted octanol–water partition coefficient (Wildman–Crippen LogP) is 2.85. The van der Waals surface area contributed by atoms with E-state index in [2.05, 4.69) is 22.6 Å². The summed E-state index contributed by atoms with van der Waals surface area (Å²) in [6.45, 7) is 2.64. The van der Waals surface area contributed by atoms with Crippen molar-refractivity contribution in [3.05, 3.63) is 27.8 Å². The van der Waals surface area contributed by atoms with E-state index in [9.17, 15) is 8.42 Å². The van der Waals surface area contributed by atoms with Gasteiger partial charge in [0.2, 0.25) is 10.0 Å². The van der Waals surface area contributed by atoms with Crippen LogP contribution in [0.3, 0.4) is 0 Å². The summed E-state index contributed by atoms with van der Waals surface area (Å²) in [7, 11) is -3.30. The van der Waals surface area contributed by atoms with Gasteiger partial charge in [-0.1, -0.05) is 6.42 Å². The average Bonchev–Trinajstić information content (AvgIpc) is 2.30. The molecular weight excluding hydrogens is 349 g/mol. The lowest BCUT2D eigenvalue weighted by atomic mass is 10.1. The van der Waals surface area contributed by atoms with E-state index in [0.717, 1.165) is 22.8 Å². The van der Waals surface area contributed by atoms with Gasteiger partial charge in [-0.05, 0) is 66.6 Å². The van der Waals surface area contributed by atoms with Crippen molar-refractivity contribution in [2.24, 2.45) is 0 Å². The normalized spacial score (nSPS) is 22.6. The summed E-state index contributed by atoms with van der Waals surface area (Å²) < 4.78 is 27.6. The molecule has 0 spiro atoms. The second-order valence-corrected chi connectivity index (χ2v) is 7.55. The van der Waals surface area contributed by atoms with Crippen LogP contribution in [0.1, 0.15) is 26.2 Å². The topological polar surface area (TPSA) is 37.4 Å². The second kappa shape index (κ2) is 5.24. The number of piperidine rings is 1. The van der Waals surface area contributed by atoms with E-state index in [4.69, 9.17) is 0 Å². The van der Waals surface area contributed by atoms with Crippen LogP contribution in [0, 0.1) is 3.57 Å². The molecule has 1 fully saturated rings. The van der Waals surface area contributed by atoms with E-state index in [0.29, 0.717) is 11.4 Å². The molecule has 0 amide bonds. The third kappa shape index (κ3) is 2.82. The molecule has 0 bridgehead atoms. The second-order valence-electron chi connectivity index (χ2n) is 4.41. The Morgan fingerprint density at radius 2 is 1.88 bits per heavy atom. The standard InChI is InChI=1S/C12H16INO2S/c1-10-4-2-3-9-14(10)17(15,16)12-7-5-11(13)6-8-12/h5-8,10H,2-4,9H2,1H3/t10-/m0/s1. The fourth-order valence-corrected chi connectivity index (χ4v) is 4.23. The summed E-state index contributed by atoms with van der Waals surface area (Å²) in [5.74, 6) is 0. The molecule has 0 N–H and O–H groups in total. The molecular formula is C12H16INO2S. The summed E-state index contributed by atoms with van der Waals surface area (Å²) in [5, 5.41) is 0. The van der Waals surface area contributed by atoms with Crippen molar-refractivity contribution in [2.45, 2.75) is 37.1 Å². The molecule has 1 aliphatic rings. The molecule has 0 unspecified atom stereocenters. The quantitative estimate of drug-likeness (QED) is 0.756. The molecule has 2 rings (SSSR count). The van der Waals surface area contributed by atoms with Crippen molar-refractivity contribution in [3.63, 3.8) is 0 Å².